The fraction of sp³-hybridized carbons (Fsp3) is 0.250. The predicted octanol–water partition coefficient (Wildman–Crippen LogP) is 6.98. The van der Waals surface area contributed by atoms with E-state index in [0.717, 1.165) is 43.4 Å². The maximum absolute atomic E-state index is 13.5. The minimum atomic E-state index is -4.86. The van der Waals surface area contributed by atoms with E-state index in [1.165, 1.54) is 35.5 Å². The molecule has 1 aliphatic carbocycles. The summed E-state index contributed by atoms with van der Waals surface area (Å²) >= 11 is 1.50. The highest BCUT2D eigenvalue weighted by Crippen LogP contribution is 2.42. The largest absolute Gasteiger partial charge is 0.493 e. The number of aliphatic imine (C=N–C) groups is 1. The SMILES string of the molecule is COc1cc(C=Nc2sc3c(c2C#N)CCCC3)ccc1Oc1ccc([N+](=O)[O-])cc1C(F)(F)F. The van der Waals surface area contributed by atoms with Crippen molar-refractivity contribution in [3.05, 3.63) is 73.6 Å². The van der Waals surface area contributed by atoms with Gasteiger partial charge in [-0.25, -0.2) is 4.99 Å². The topological polar surface area (TPSA) is 97.8 Å². The molecule has 0 saturated heterocycles. The number of aryl methyl sites for hydroxylation is 1. The number of fused-ring (bicyclic) bond motifs is 1. The van der Waals surface area contributed by atoms with Crippen LogP contribution < -0.4 is 9.47 Å². The third kappa shape index (κ3) is 5.12. The number of hydrogen-bond donors (Lipinski definition) is 0. The van der Waals surface area contributed by atoms with Gasteiger partial charge in [-0.3, -0.25) is 10.1 Å². The van der Waals surface area contributed by atoms with Crippen LogP contribution in [-0.2, 0) is 19.0 Å². The second-order valence-electron chi connectivity index (χ2n) is 7.71. The highest BCUT2D eigenvalue weighted by Gasteiger charge is 2.36. The second kappa shape index (κ2) is 9.76. The molecule has 180 valence electrons. The standard InChI is InChI=1S/C24H18F3N3O4S/c1-33-21-10-14(13-29-23-17(12-28)16-4-2-3-5-22(16)35-23)6-8-20(21)34-19-9-7-15(30(31)32)11-18(19)24(25,26)27/h6-11,13H,2-5H2,1H3. The van der Waals surface area contributed by atoms with E-state index >= 15 is 0 Å². The van der Waals surface area contributed by atoms with Gasteiger partial charge >= 0.3 is 6.18 Å². The van der Waals surface area contributed by atoms with Gasteiger partial charge in [0.15, 0.2) is 11.5 Å². The Kier molecular flexibility index (Phi) is 6.75. The van der Waals surface area contributed by atoms with E-state index in [0.29, 0.717) is 22.2 Å². The average molecular weight is 501 g/mol. The molecule has 2 aromatic carbocycles. The Hall–Kier alpha value is -3.91. The molecule has 0 amide bonds. The number of methoxy groups -OCH3 is 1. The van der Waals surface area contributed by atoms with Crippen molar-refractivity contribution in [3.8, 4) is 23.3 Å². The van der Waals surface area contributed by atoms with Crippen molar-refractivity contribution in [1.29, 1.82) is 5.26 Å². The van der Waals surface area contributed by atoms with Crippen LogP contribution in [0.2, 0.25) is 0 Å². The molecule has 1 heterocycles. The number of halogens is 3. The molecule has 7 nitrogen and oxygen atoms in total. The van der Waals surface area contributed by atoms with Crippen LogP contribution in [0.25, 0.3) is 0 Å². The van der Waals surface area contributed by atoms with Gasteiger partial charge in [0.05, 0.1) is 17.6 Å². The Morgan fingerprint density at radius 3 is 2.57 bits per heavy atom. The number of alkyl halides is 3. The first-order chi connectivity index (χ1) is 16.7. The maximum atomic E-state index is 13.5. The van der Waals surface area contributed by atoms with Crippen molar-refractivity contribution in [2.75, 3.05) is 7.11 Å². The zero-order chi connectivity index (χ0) is 25.2. The van der Waals surface area contributed by atoms with Crippen molar-refractivity contribution in [1.82, 2.24) is 0 Å². The predicted molar refractivity (Wildman–Crippen MR) is 124 cm³/mol. The molecule has 0 fully saturated rings. The molecule has 0 saturated carbocycles. The summed E-state index contributed by atoms with van der Waals surface area (Å²) in [5.74, 6) is -0.453. The van der Waals surface area contributed by atoms with Crippen molar-refractivity contribution in [3.63, 3.8) is 0 Å². The molecule has 0 atom stereocenters. The lowest BCUT2D eigenvalue weighted by atomic mass is 9.96. The Morgan fingerprint density at radius 1 is 1.14 bits per heavy atom. The van der Waals surface area contributed by atoms with Gasteiger partial charge in [-0.15, -0.1) is 11.3 Å². The molecular formula is C24H18F3N3O4S. The number of non-ortho nitro benzene ring substituents is 1. The van der Waals surface area contributed by atoms with E-state index < -0.39 is 28.1 Å². The summed E-state index contributed by atoms with van der Waals surface area (Å²) in [7, 11) is 1.34. The fourth-order valence-corrected chi connectivity index (χ4v) is 4.98. The monoisotopic (exact) mass is 501 g/mol. The van der Waals surface area contributed by atoms with Gasteiger partial charge in [0, 0.05) is 23.2 Å². The first-order valence-electron chi connectivity index (χ1n) is 10.5. The van der Waals surface area contributed by atoms with Crippen molar-refractivity contribution < 1.29 is 27.6 Å². The zero-order valence-electron chi connectivity index (χ0n) is 18.4. The summed E-state index contributed by atoms with van der Waals surface area (Å²) in [6.45, 7) is 0. The summed E-state index contributed by atoms with van der Waals surface area (Å²) in [6, 6.07) is 9.05. The lowest BCUT2D eigenvalue weighted by Gasteiger charge is -2.15. The maximum Gasteiger partial charge on any atom is 0.420 e. The minimum absolute atomic E-state index is 0.00620. The van der Waals surface area contributed by atoms with Crippen LogP contribution >= 0.6 is 11.3 Å². The van der Waals surface area contributed by atoms with Crippen LogP contribution in [0.1, 0.15) is 40.0 Å². The number of nitriles is 1. The number of rotatable bonds is 6. The van der Waals surface area contributed by atoms with Gasteiger partial charge in [-0.05, 0) is 61.1 Å². The number of benzene rings is 2. The molecule has 0 radical (unpaired) electrons. The van der Waals surface area contributed by atoms with Crippen molar-refractivity contribution in [2.24, 2.45) is 4.99 Å². The Labute approximate surface area is 202 Å². The first kappa shape index (κ1) is 24.2. The van der Waals surface area contributed by atoms with Crippen LogP contribution in [0, 0.1) is 21.4 Å². The smallest absolute Gasteiger partial charge is 0.420 e. The van der Waals surface area contributed by atoms with Gasteiger partial charge in [-0.1, -0.05) is 0 Å². The summed E-state index contributed by atoms with van der Waals surface area (Å²) in [6.07, 6.45) is 0.631. The van der Waals surface area contributed by atoms with Crippen LogP contribution in [0.15, 0.2) is 41.4 Å². The van der Waals surface area contributed by atoms with Crippen molar-refractivity contribution >= 4 is 28.2 Å². The van der Waals surface area contributed by atoms with Crippen LogP contribution in [0.5, 0.6) is 17.2 Å². The zero-order valence-corrected chi connectivity index (χ0v) is 19.2. The molecule has 0 unspecified atom stereocenters. The lowest BCUT2D eigenvalue weighted by molar-refractivity contribution is -0.385. The highest BCUT2D eigenvalue weighted by atomic mass is 32.1. The highest BCUT2D eigenvalue weighted by molar-refractivity contribution is 7.16. The normalized spacial score (nSPS) is 13.3. The van der Waals surface area contributed by atoms with E-state index in [9.17, 15) is 28.5 Å². The molecule has 4 rings (SSSR count). The lowest BCUT2D eigenvalue weighted by Crippen LogP contribution is -2.08. The third-order valence-corrected chi connectivity index (χ3v) is 6.68. The molecule has 1 aromatic heterocycles. The van der Waals surface area contributed by atoms with E-state index in [1.807, 2.05) is 0 Å². The van der Waals surface area contributed by atoms with Crippen LogP contribution in [-0.4, -0.2) is 18.2 Å². The number of nitro groups is 1. The number of nitrogens with zero attached hydrogens (tertiary/aromatic N) is 3. The van der Waals surface area contributed by atoms with Crippen molar-refractivity contribution in [2.45, 2.75) is 31.9 Å². The molecule has 11 heteroatoms. The molecule has 0 bridgehead atoms. The van der Waals surface area contributed by atoms with Gasteiger partial charge < -0.3 is 9.47 Å². The minimum Gasteiger partial charge on any atom is -0.493 e. The Bertz CT molecular complexity index is 1360. The molecular weight excluding hydrogens is 483 g/mol. The molecule has 3 aromatic rings. The second-order valence-corrected chi connectivity index (χ2v) is 8.79. The third-order valence-electron chi connectivity index (χ3n) is 5.48. The van der Waals surface area contributed by atoms with E-state index in [1.54, 1.807) is 12.3 Å². The first-order valence-corrected chi connectivity index (χ1v) is 11.3. The van der Waals surface area contributed by atoms with E-state index in [2.05, 4.69) is 11.1 Å². The molecule has 0 spiro atoms. The van der Waals surface area contributed by atoms with E-state index in [4.69, 9.17) is 9.47 Å². The van der Waals surface area contributed by atoms with Gasteiger partial charge in [0.1, 0.15) is 22.4 Å². The van der Waals surface area contributed by atoms with Crippen LogP contribution in [0.3, 0.4) is 0 Å². The number of nitro benzene ring substituents is 1. The van der Waals surface area contributed by atoms with Gasteiger partial charge in [0.25, 0.3) is 5.69 Å². The summed E-state index contributed by atoms with van der Waals surface area (Å²) < 4.78 is 51.2. The molecule has 35 heavy (non-hydrogen) atoms. The molecule has 0 aliphatic heterocycles. The summed E-state index contributed by atoms with van der Waals surface area (Å²) in [5.41, 5.74) is 0.274. The summed E-state index contributed by atoms with van der Waals surface area (Å²) in [4.78, 5) is 15.7. The van der Waals surface area contributed by atoms with Gasteiger partial charge in [0.2, 0.25) is 0 Å². The quantitative estimate of drug-likeness (QED) is 0.206. The average Bonchev–Trinajstić information content (AvgIpc) is 3.20. The molecule has 1 aliphatic rings. The number of ether oxygens (including phenoxy) is 2. The van der Waals surface area contributed by atoms with Crippen LogP contribution in [0.4, 0.5) is 23.9 Å². The fourth-order valence-electron chi connectivity index (χ4n) is 3.80. The summed E-state index contributed by atoms with van der Waals surface area (Å²) in [5, 5.41) is 21.1. The molecule has 0 N–H and O–H groups in total. The number of thiophene rings is 1. The Balaban J connectivity index is 1.63. The van der Waals surface area contributed by atoms with E-state index in [-0.39, 0.29) is 11.5 Å². The number of hydrogen-bond acceptors (Lipinski definition) is 7. The Morgan fingerprint density at radius 2 is 1.89 bits per heavy atom. The van der Waals surface area contributed by atoms with Gasteiger partial charge in [-0.2, -0.15) is 18.4 Å².